The maximum Gasteiger partial charge on any atom is 0.305 e. The third-order valence-electron chi connectivity index (χ3n) is 2.78. The van der Waals surface area contributed by atoms with Crippen molar-refractivity contribution in [2.75, 3.05) is 0 Å². The van der Waals surface area contributed by atoms with Crippen LogP contribution in [0.15, 0.2) is 29.2 Å². The van der Waals surface area contributed by atoms with E-state index < -0.39 is 21.5 Å². The molecule has 5 nitrogen and oxygen atoms in total. The largest absolute Gasteiger partial charge is 0.481 e. The maximum absolute atomic E-state index is 12.2. The van der Waals surface area contributed by atoms with Gasteiger partial charge in [-0.15, -0.1) is 0 Å². The Hall–Kier alpha value is -1.40. The smallest absolute Gasteiger partial charge is 0.305 e. The van der Waals surface area contributed by atoms with E-state index in [1.165, 1.54) is 0 Å². The average molecular weight is 299 g/mol. The monoisotopic (exact) mass is 299 g/mol. The highest BCUT2D eigenvalue weighted by Crippen LogP contribution is 2.17. The Morgan fingerprint density at radius 3 is 2.25 bits per heavy atom. The van der Waals surface area contributed by atoms with Gasteiger partial charge in [0.1, 0.15) is 0 Å². The van der Waals surface area contributed by atoms with Crippen LogP contribution in [0.5, 0.6) is 0 Å². The Balaban J connectivity index is 2.90. The summed E-state index contributed by atoms with van der Waals surface area (Å²) in [6.45, 7) is 5.15. The summed E-state index contributed by atoms with van der Waals surface area (Å²) in [4.78, 5) is 10.9. The van der Waals surface area contributed by atoms with Crippen molar-refractivity contribution in [3.8, 4) is 0 Å². The van der Waals surface area contributed by atoms with Crippen molar-refractivity contribution in [2.24, 2.45) is 0 Å². The molecule has 20 heavy (non-hydrogen) atoms. The Bertz CT molecular complexity index is 561. The minimum absolute atomic E-state index is 0.149. The van der Waals surface area contributed by atoms with Crippen LogP contribution in [0.25, 0.3) is 0 Å². The predicted octanol–water partition coefficient (Wildman–Crippen LogP) is 2.17. The first-order chi connectivity index (χ1) is 9.16. The van der Waals surface area contributed by atoms with E-state index in [0.717, 1.165) is 18.4 Å². The van der Waals surface area contributed by atoms with Crippen LogP contribution in [0.4, 0.5) is 0 Å². The molecule has 0 saturated heterocycles. The first kappa shape index (κ1) is 16.7. The molecule has 0 saturated carbocycles. The molecule has 0 aliphatic rings. The molecule has 0 fully saturated rings. The van der Waals surface area contributed by atoms with Crippen LogP contribution < -0.4 is 4.72 Å². The summed E-state index contributed by atoms with van der Waals surface area (Å²) in [5.41, 5.74) is 0.0449. The normalized spacial score (nSPS) is 12.3. The molecule has 1 aromatic rings. The summed E-state index contributed by atoms with van der Waals surface area (Å²) in [5, 5.41) is 8.78. The standard InChI is InChI=1S/C14H21NO4S/c1-4-5-11-6-8-12(9-7-11)20(18,19)15-14(2,3)10-13(16)17/h6-9,15H,4-5,10H2,1-3H3,(H,16,17). The zero-order valence-corrected chi connectivity index (χ0v) is 12.8. The highest BCUT2D eigenvalue weighted by molar-refractivity contribution is 7.89. The average Bonchev–Trinajstić information content (AvgIpc) is 2.26. The minimum Gasteiger partial charge on any atom is -0.481 e. The van der Waals surface area contributed by atoms with Crippen molar-refractivity contribution in [3.63, 3.8) is 0 Å². The molecule has 2 N–H and O–H groups in total. The number of aliphatic carboxylic acids is 1. The van der Waals surface area contributed by atoms with E-state index in [1.54, 1.807) is 38.1 Å². The summed E-state index contributed by atoms with van der Waals surface area (Å²) in [6, 6.07) is 6.65. The lowest BCUT2D eigenvalue weighted by Gasteiger charge is -2.24. The van der Waals surface area contributed by atoms with Crippen molar-refractivity contribution >= 4 is 16.0 Å². The highest BCUT2D eigenvalue weighted by Gasteiger charge is 2.28. The fraction of sp³-hybridized carbons (Fsp3) is 0.500. The van der Waals surface area contributed by atoms with Crippen molar-refractivity contribution < 1.29 is 18.3 Å². The van der Waals surface area contributed by atoms with E-state index in [1.807, 2.05) is 0 Å². The second-order valence-electron chi connectivity index (χ2n) is 5.45. The highest BCUT2D eigenvalue weighted by atomic mass is 32.2. The summed E-state index contributed by atoms with van der Waals surface area (Å²) in [5.74, 6) is -1.05. The second kappa shape index (κ2) is 6.37. The minimum atomic E-state index is -3.71. The van der Waals surface area contributed by atoms with Gasteiger partial charge in [0, 0.05) is 5.54 Å². The molecule has 0 spiro atoms. The quantitative estimate of drug-likeness (QED) is 0.808. The van der Waals surface area contributed by atoms with E-state index >= 15 is 0 Å². The Morgan fingerprint density at radius 2 is 1.80 bits per heavy atom. The fourth-order valence-electron chi connectivity index (χ4n) is 1.96. The molecule has 1 aromatic carbocycles. The SMILES string of the molecule is CCCc1ccc(S(=O)(=O)NC(C)(C)CC(=O)O)cc1. The van der Waals surface area contributed by atoms with Gasteiger partial charge >= 0.3 is 5.97 Å². The van der Waals surface area contributed by atoms with Gasteiger partial charge in [-0.1, -0.05) is 25.5 Å². The number of carboxylic acid groups (broad SMARTS) is 1. The van der Waals surface area contributed by atoms with E-state index in [2.05, 4.69) is 11.6 Å². The van der Waals surface area contributed by atoms with Crippen LogP contribution >= 0.6 is 0 Å². The number of carbonyl (C=O) groups is 1. The third kappa shape index (κ3) is 4.94. The van der Waals surface area contributed by atoms with Gasteiger partial charge in [-0.25, -0.2) is 13.1 Å². The van der Waals surface area contributed by atoms with E-state index in [-0.39, 0.29) is 11.3 Å². The van der Waals surface area contributed by atoms with Gasteiger partial charge in [-0.2, -0.15) is 0 Å². The third-order valence-corrected chi connectivity index (χ3v) is 4.49. The number of nitrogens with one attached hydrogen (secondary N) is 1. The lowest BCUT2D eigenvalue weighted by molar-refractivity contribution is -0.138. The molecule has 112 valence electrons. The molecule has 1 rings (SSSR count). The topological polar surface area (TPSA) is 83.5 Å². The first-order valence-electron chi connectivity index (χ1n) is 6.51. The molecular formula is C14H21NO4S. The summed E-state index contributed by atoms with van der Waals surface area (Å²) < 4.78 is 26.8. The molecule has 0 bridgehead atoms. The van der Waals surface area contributed by atoms with Crippen LogP contribution in [0.1, 0.15) is 39.2 Å². The predicted molar refractivity (Wildman–Crippen MR) is 77.1 cm³/mol. The van der Waals surface area contributed by atoms with Crippen LogP contribution in [0.2, 0.25) is 0 Å². The Morgan fingerprint density at radius 1 is 1.25 bits per heavy atom. The summed E-state index contributed by atoms with van der Waals surface area (Å²) >= 11 is 0. The van der Waals surface area contributed by atoms with Crippen molar-refractivity contribution in [3.05, 3.63) is 29.8 Å². The van der Waals surface area contributed by atoms with E-state index in [0.29, 0.717) is 0 Å². The zero-order valence-electron chi connectivity index (χ0n) is 12.0. The number of aryl methyl sites for hydroxylation is 1. The van der Waals surface area contributed by atoms with Crippen molar-refractivity contribution in [1.82, 2.24) is 4.72 Å². The molecule has 0 radical (unpaired) electrons. The molecule has 0 aliphatic carbocycles. The molecule has 0 amide bonds. The van der Waals surface area contributed by atoms with Crippen LogP contribution in [0, 0.1) is 0 Å². The van der Waals surface area contributed by atoms with Crippen molar-refractivity contribution in [2.45, 2.75) is 50.5 Å². The fourth-order valence-corrected chi connectivity index (χ4v) is 3.37. The maximum atomic E-state index is 12.2. The molecule has 0 atom stereocenters. The molecule has 6 heteroatoms. The van der Waals surface area contributed by atoms with E-state index in [9.17, 15) is 13.2 Å². The van der Waals surface area contributed by atoms with Gasteiger partial charge in [0.2, 0.25) is 10.0 Å². The lowest BCUT2D eigenvalue weighted by atomic mass is 10.0. The number of hydrogen-bond acceptors (Lipinski definition) is 3. The number of carboxylic acids is 1. The van der Waals surface area contributed by atoms with Crippen LogP contribution in [-0.2, 0) is 21.2 Å². The Kier molecular flexibility index (Phi) is 5.30. The van der Waals surface area contributed by atoms with Gasteiger partial charge < -0.3 is 5.11 Å². The van der Waals surface area contributed by atoms with Gasteiger partial charge in [-0.3, -0.25) is 4.79 Å². The van der Waals surface area contributed by atoms with Crippen molar-refractivity contribution in [1.29, 1.82) is 0 Å². The number of rotatable bonds is 7. The first-order valence-corrected chi connectivity index (χ1v) is 7.99. The summed E-state index contributed by atoms with van der Waals surface area (Å²) in [7, 11) is -3.71. The molecule has 0 heterocycles. The van der Waals surface area contributed by atoms with Crippen LogP contribution in [-0.4, -0.2) is 25.0 Å². The van der Waals surface area contributed by atoms with Gasteiger partial charge in [0.15, 0.2) is 0 Å². The molecule has 0 aliphatic heterocycles. The molecule has 0 aromatic heterocycles. The van der Waals surface area contributed by atoms with E-state index in [4.69, 9.17) is 5.11 Å². The van der Waals surface area contributed by atoms with Crippen LogP contribution in [0.3, 0.4) is 0 Å². The van der Waals surface area contributed by atoms with Gasteiger partial charge in [0.25, 0.3) is 0 Å². The molecular weight excluding hydrogens is 278 g/mol. The zero-order chi connectivity index (χ0) is 15.4. The number of benzene rings is 1. The number of sulfonamides is 1. The number of hydrogen-bond donors (Lipinski definition) is 2. The van der Waals surface area contributed by atoms with Gasteiger partial charge in [0.05, 0.1) is 11.3 Å². The lowest BCUT2D eigenvalue weighted by Crippen LogP contribution is -2.44. The Labute approximate surface area is 120 Å². The molecule has 0 unspecified atom stereocenters. The second-order valence-corrected chi connectivity index (χ2v) is 7.14. The summed E-state index contributed by atoms with van der Waals surface area (Å²) in [6.07, 6.45) is 1.62. The van der Waals surface area contributed by atoms with Gasteiger partial charge in [-0.05, 0) is 38.0 Å².